The van der Waals surface area contributed by atoms with Crippen LogP contribution in [0.2, 0.25) is 0 Å². The third-order valence-electron chi connectivity index (χ3n) is 4.07. The number of amides is 1. The van der Waals surface area contributed by atoms with Gasteiger partial charge in [-0.25, -0.2) is 0 Å². The van der Waals surface area contributed by atoms with E-state index in [1.807, 2.05) is 6.92 Å². The Morgan fingerprint density at radius 1 is 1.33 bits per heavy atom. The minimum atomic E-state index is 0.194. The number of hydrogen-bond donors (Lipinski definition) is 2. The summed E-state index contributed by atoms with van der Waals surface area (Å²) in [7, 11) is 0. The van der Waals surface area contributed by atoms with Crippen LogP contribution < -0.4 is 11.1 Å². The molecule has 1 amide bonds. The van der Waals surface area contributed by atoms with Gasteiger partial charge in [-0.05, 0) is 38.0 Å². The molecule has 106 valence electrons. The van der Waals surface area contributed by atoms with Crippen molar-refractivity contribution in [3.8, 4) is 0 Å². The van der Waals surface area contributed by atoms with E-state index in [0.717, 1.165) is 37.6 Å². The van der Waals surface area contributed by atoms with Crippen LogP contribution in [-0.2, 0) is 4.79 Å². The lowest BCUT2D eigenvalue weighted by molar-refractivity contribution is -0.121. The van der Waals surface area contributed by atoms with Crippen LogP contribution in [0.3, 0.4) is 0 Å². The molecule has 0 aromatic carbocycles. The third-order valence-corrected chi connectivity index (χ3v) is 4.07. The lowest BCUT2D eigenvalue weighted by Gasteiger charge is -2.26. The average molecular weight is 254 g/mol. The van der Waals surface area contributed by atoms with Crippen molar-refractivity contribution in [2.24, 2.45) is 17.6 Å². The monoisotopic (exact) mass is 254 g/mol. The van der Waals surface area contributed by atoms with Gasteiger partial charge in [0.05, 0.1) is 0 Å². The minimum Gasteiger partial charge on any atom is -0.356 e. The van der Waals surface area contributed by atoms with Crippen molar-refractivity contribution in [2.45, 2.75) is 71.3 Å². The highest BCUT2D eigenvalue weighted by molar-refractivity contribution is 5.75. The van der Waals surface area contributed by atoms with Crippen molar-refractivity contribution in [1.29, 1.82) is 0 Å². The molecule has 0 bridgehead atoms. The fraction of sp³-hybridized carbons (Fsp3) is 0.933. The average Bonchev–Trinajstić information content (AvgIpc) is 2.31. The van der Waals surface area contributed by atoms with Crippen LogP contribution in [0.5, 0.6) is 0 Å². The Bertz CT molecular complexity index is 233. The van der Waals surface area contributed by atoms with E-state index < -0.39 is 0 Å². The summed E-state index contributed by atoms with van der Waals surface area (Å²) in [5.74, 6) is 1.94. The zero-order chi connectivity index (χ0) is 13.4. The Labute approximate surface area is 112 Å². The number of hydrogen-bond acceptors (Lipinski definition) is 2. The van der Waals surface area contributed by atoms with E-state index in [1.54, 1.807) is 0 Å². The van der Waals surface area contributed by atoms with Crippen LogP contribution in [0.15, 0.2) is 0 Å². The maximum Gasteiger partial charge on any atom is 0.219 e. The first kappa shape index (κ1) is 15.5. The first-order valence-electron chi connectivity index (χ1n) is 7.60. The van der Waals surface area contributed by atoms with Crippen molar-refractivity contribution < 1.29 is 4.79 Å². The molecular weight excluding hydrogens is 224 g/mol. The Morgan fingerprint density at radius 3 is 2.61 bits per heavy atom. The van der Waals surface area contributed by atoms with Gasteiger partial charge < -0.3 is 11.1 Å². The second-order valence-corrected chi connectivity index (χ2v) is 6.13. The fourth-order valence-corrected chi connectivity index (χ4v) is 2.71. The molecule has 18 heavy (non-hydrogen) atoms. The highest BCUT2D eigenvalue weighted by Crippen LogP contribution is 2.29. The van der Waals surface area contributed by atoms with Gasteiger partial charge in [-0.2, -0.15) is 0 Å². The van der Waals surface area contributed by atoms with Gasteiger partial charge in [-0.3, -0.25) is 4.79 Å². The number of nitrogens with one attached hydrogen (secondary N) is 1. The van der Waals surface area contributed by atoms with Crippen molar-refractivity contribution in [1.82, 2.24) is 5.32 Å². The van der Waals surface area contributed by atoms with Gasteiger partial charge >= 0.3 is 0 Å². The van der Waals surface area contributed by atoms with E-state index in [0.29, 0.717) is 6.42 Å². The maximum atomic E-state index is 11.6. The highest BCUT2D eigenvalue weighted by atomic mass is 16.1. The molecule has 1 rings (SSSR count). The standard InChI is InChI=1S/C15H30N2O/c1-12-6-8-14(9-7-12)10-11-17-15(18)5-3-4-13(2)16/h12-14H,3-11,16H2,1-2H3,(H,17,18). The quantitative estimate of drug-likeness (QED) is 0.734. The van der Waals surface area contributed by atoms with Crippen molar-refractivity contribution >= 4 is 5.91 Å². The lowest BCUT2D eigenvalue weighted by Crippen LogP contribution is -2.27. The summed E-state index contributed by atoms with van der Waals surface area (Å²) in [6.45, 7) is 5.19. The normalized spacial score (nSPS) is 25.7. The summed E-state index contributed by atoms with van der Waals surface area (Å²) in [4.78, 5) is 11.6. The van der Waals surface area contributed by atoms with Crippen LogP contribution in [0, 0.1) is 11.8 Å². The van der Waals surface area contributed by atoms with E-state index in [4.69, 9.17) is 5.73 Å². The van der Waals surface area contributed by atoms with Crippen LogP contribution >= 0.6 is 0 Å². The molecule has 0 heterocycles. The molecule has 1 atom stereocenters. The van der Waals surface area contributed by atoms with Gasteiger partial charge in [0, 0.05) is 19.0 Å². The molecule has 0 spiro atoms. The third kappa shape index (κ3) is 7.00. The molecule has 0 aromatic heterocycles. The number of carbonyl (C=O) groups is 1. The summed E-state index contributed by atoms with van der Waals surface area (Å²) in [5, 5.41) is 3.04. The molecule has 1 aliphatic rings. The van der Waals surface area contributed by atoms with Crippen LogP contribution in [0.25, 0.3) is 0 Å². The molecule has 0 aliphatic heterocycles. The molecule has 1 saturated carbocycles. The molecule has 0 saturated heterocycles. The second kappa shape index (κ2) is 8.52. The van der Waals surface area contributed by atoms with Gasteiger partial charge in [0.2, 0.25) is 5.91 Å². The number of nitrogens with two attached hydrogens (primary N) is 1. The van der Waals surface area contributed by atoms with Crippen molar-refractivity contribution in [3.05, 3.63) is 0 Å². The smallest absolute Gasteiger partial charge is 0.219 e. The van der Waals surface area contributed by atoms with Crippen molar-refractivity contribution in [3.63, 3.8) is 0 Å². The molecule has 1 fully saturated rings. The molecule has 1 unspecified atom stereocenters. The largest absolute Gasteiger partial charge is 0.356 e. The first-order chi connectivity index (χ1) is 8.58. The molecule has 0 radical (unpaired) electrons. The summed E-state index contributed by atoms with van der Waals surface area (Å²) in [6, 6.07) is 0.210. The van der Waals surface area contributed by atoms with Gasteiger partial charge in [0.15, 0.2) is 0 Å². The van der Waals surface area contributed by atoms with E-state index in [1.165, 1.54) is 25.7 Å². The summed E-state index contributed by atoms with van der Waals surface area (Å²) >= 11 is 0. The van der Waals surface area contributed by atoms with E-state index in [-0.39, 0.29) is 11.9 Å². The maximum absolute atomic E-state index is 11.6. The molecular formula is C15H30N2O. The second-order valence-electron chi connectivity index (χ2n) is 6.13. The Hall–Kier alpha value is -0.570. The molecule has 1 aliphatic carbocycles. The molecule has 3 nitrogen and oxygen atoms in total. The molecule has 3 heteroatoms. The number of carbonyl (C=O) groups excluding carboxylic acids is 1. The van der Waals surface area contributed by atoms with E-state index >= 15 is 0 Å². The zero-order valence-electron chi connectivity index (χ0n) is 12.1. The van der Waals surface area contributed by atoms with Crippen LogP contribution in [-0.4, -0.2) is 18.5 Å². The number of rotatable bonds is 7. The topological polar surface area (TPSA) is 55.1 Å². The SMILES string of the molecule is CC(N)CCCC(=O)NCCC1CCC(C)CC1. The Kier molecular flexibility index (Phi) is 7.33. The Balaban J connectivity index is 1.98. The van der Waals surface area contributed by atoms with Gasteiger partial charge in [-0.1, -0.05) is 32.6 Å². The summed E-state index contributed by atoms with van der Waals surface area (Å²) < 4.78 is 0. The first-order valence-corrected chi connectivity index (χ1v) is 7.60. The summed E-state index contributed by atoms with van der Waals surface area (Å²) in [6.07, 6.45) is 9.07. The van der Waals surface area contributed by atoms with E-state index in [2.05, 4.69) is 12.2 Å². The van der Waals surface area contributed by atoms with Crippen molar-refractivity contribution in [2.75, 3.05) is 6.54 Å². The molecule has 3 N–H and O–H groups in total. The predicted molar refractivity (Wildman–Crippen MR) is 76.2 cm³/mol. The summed E-state index contributed by atoms with van der Waals surface area (Å²) in [5.41, 5.74) is 5.66. The van der Waals surface area contributed by atoms with Gasteiger partial charge in [0.1, 0.15) is 0 Å². The van der Waals surface area contributed by atoms with Gasteiger partial charge in [-0.15, -0.1) is 0 Å². The van der Waals surface area contributed by atoms with Gasteiger partial charge in [0.25, 0.3) is 0 Å². The van der Waals surface area contributed by atoms with Crippen LogP contribution in [0.4, 0.5) is 0 Å². The molecule has 0 aromatic rings. The predicted octanol–water partition coefficient (Wildman–Crippen LogP) is 2.84. The fourth-order valence-electron chi connectivity index (χ4n) is 2.71. The Morgan fingerprint density at radius 2 is 2.00 bits per heavy atom. The highest BCUT2D eigenvalue weighted by Gasteiger charge is 2.17. The minimum absolute atomic E-state index is 0.194. The van der Waals surface area contributed by atoms with E-state index in [9.17, 15) is 4.79 Å². The zero-order valence-corrected chi connectivity index (χ0v) is 12.1. The van der Waals surface area contributed by atoms with Crippen LogP contribution in [0.1, 0.15) is 65.2 Å². The lowest BCUT2D eigenvalue weighted by atomic mass is 9.81.